The first-order chi connectivity index (χ1) is 13.0. The Bertz CT molecular complexity index is 946. The number of aryl methyl sites for hydroxylation is 1. The van der Waals surface area contributed by atoms with Gasteiger partial charge in [0.25, 0.3) is 5.91 Å². The number of anilines is 2. The van der Waals surface area contributed by atoms with Gasteiger partial charge in [-0.1, -0.05) is 23.9 Å². The fourth-order valence-corrected chi connectivity index (χ4v) is 5.05. The van der Waals surface area contributed by atoms with Crippen LogP contribution in [0.4, 0.5) is 11.4 Å². The minimum absolute atomic E-state index is 0.0216. The van der Waals surface area contributed by atoms with Crippen LogP contribution >= 0.6 is 11.8 Å². The van der Waals surface area contributed by atoms with E-state index in [0.717, 1.165) is 16.1 Å². The van der Waals surface area contributed by atoms with E-state index >= 15 is 0 Å². The van der Waals surface area contributed by atoms with Gasteiger partial charge in [0.2, 0.25) is 5.91 Å². The Morgan fingerprint density at radius 1 is 1.19 bits per heavy atom. The molecule has 2 aromatic rings. The number of nitrogens with one attached hydrogen (secondary N) is 1. The highest BCUT2D eigenvalue weighted by Crippen LogP contribution is 2.56. The Hall–Kier alpha value is -2.67. The van der Waals surface area contributed by atoms with Crippen LogP contribution in [0.3, 0.4) is 0 Å². The number of rotatable bonds is 4. The number of amides is 2. The molecule has 0 bridgehead atoms. The number of thioether (sulfide) groups is 1. The van der Waals surface area contributed by atoms with Crippen molar-refractivity contribution in [1.29, 1.82) is 0 Å². The van der Waals surface area contributed by atoms with Gasteiger partial charge in [0.05, 0.1) is 19.9 Å². The molecule has 27 heavy (non-hydrogen) atoms. The van der Waals surface area contributed by atoms with Crippen LogP contribution < -0.4 is 19.7 Å². The zero-order valence-corrected chi connectivity index (χ0v) is 16.2. The molecule has 4 rings (SSSR count). The number of hydrogen-bond acceptors (Lipinski definition) is 5. The van der Waals surface area contributed by atoms with Gasteiger partial charge >= 0.3 is 0 Å². The Kier molecular flexibility index (Phi) is 4.26. The summed E-state index contributed by atoms with van der Waals surface area (Å²) in [7, 11) is 3.13. The zero-order chi connectivity index (χ0) is 19.2. The van der Waals surface area contributed by atoms with Crippen molar-refractivity contribution in [3.63, 3.8) is 0 Å². The maximum absolute atomic E-state index is 13.3. The van der Waals surface area contributed by atoms with E-state index in [1.54, 1.807) is 25.2 Å². The molecule has 2 heterocycles. The lowest BCUT2D eigenvalue weighted by molar-refractivity contribution is -0.121. The first kappa shape index (κ1) is 17.7. The van der Waals surface area contributed by atoms with Crippen LogP contribution in [-0.2, 0) is 9.59 Å². The van der Waals surface area contributed by atoms with E-state index in [-0.39, 0.29) is 11.8 Å². The van der Waals surface area contributed by atoms with Gasteiger partial charge in [-0.2, -0.15) is 0 Å². The molecule has 1 fully saturated rings. The van der Waals surface area contributed by atoms with Crippen LogP contribution in [0.15, 0.2) is 41.3 Å². The Morgan fingerprint density at radius 2 is 1.89 bits per heavy atom. The van der Waals surface area contributed by atoms with Gasteiger partial charge in [-0.3, -0.25) is 14.5 Å². The van der Waals surface area contributed by atoms with Crippen molar-refractivity contribution >= 4 is 35.0 Å². The van der Waals surface area contributed by atoms with Crippen molar-refractivity contribution in [3.8, 4) is 11.5 Å². The van der Waals surface area contributed by atoms with E-state index in [9.17, 15) is 9.59 Å². The molecule has 2 aliphatic heterocycles. The van der Waals surface area contributed by atoms with E-state index in [1.807, 2.05) is 37.3 Å². The average Bonchev–Trinajstić information content (AvgIpc) is 3.19. The Morgan fingerprint density at radius 3 is 2.63 bits per heavy atom. The number of methoxy groups -OCH3 is 2. The number of fused-ring (bicyclic) bond motifs is 3. The van der Waals surface area contributed by atoms with E-state index in [2.05, 4.69) is 5.32 Å². The largest absolute Gasteiger partial charge is 0.493 e. The summed E-state index contributed by atoms with van der Waals surface area (Å²) in [6, 6.07) is 11.2. The standard InChI is InChI=1S/C20H20N2O4S/c1-12-10-15(25-2)16(26-3)11-13(12)21-19(24)20-9-8-18(23)22(20)14-6-4-5-7-17(14)27-20/h4-7,10-11H,8-9H2,1-3H3,(H,21,24)/t20-/m0/s1. The Balaban J connectivity index is 1.69. The summed E-state index contributed by atoms with van der Waals surface area (Å²) >= 11 is 1.45. The summed E-state index contributed by atoms with van der Waals surface area (Å²) in [5.74, 6) is 0.917. The first-order valence-corrected chi connectivity index (χ1v) is 9.47. The van der Waals surface area contributed by atoms with Crippen LogP contribution in [0.25, 0.3) is 0 Å². The van der Waals surface area contributed by atoms with E-state index < -0.39 is 4.87 Å². The topological polar surface area (TPSA) is 67.9 Å². The highest BCUT2D eigenvalue weighted by molar-refractivity contribution is 8.02. The van der Waals surface area contributed by atoms with Crippen LogP contribution in [-0.4, -0.2) is 30.9 Å². The third kappa shape index (κ3) is 2.65. The zero-order valence-electron chi connectivity index (χ0n) is 15.4. The molecule has 0 saturated carbocycles. The fraction of sp³-hybridized carbons (Fsp3) is 0.300. The summed E-state index contributed by atoms with van der Waals surface area (Å²) in [5, 5.41) is 3.01. The highest BCUT2D eigenvalue weighted by Gasteiger charge is 2.57. The minimum Gasteiger partial charge on any atom is -0.493 e. The molecular weight excluding hydrogens is 364 g/mol. The molecule has 140 valence electrons. The second-order valence-electron chi connectivity index (χ2n) is 6.56. The SMILES string of the molecule is COc1cc(C)c(NC(=O)[C@@]23CCC(=O)N2c2ccccc2S3)cc1OC. The monoisotopic (exact) mass is 384 g/mol. The number of ether oxygens (including phenoxy) is 2. The van der Waals surface area contributed by atoms with Gasteiger partial charge in [-0.05, 0) is 37.1 Å². The first-order valence-electron chi connectivity index (χ1n) is 8.65. The molecule has 1 atom stereocenters. The van der Waals surface area contributed by atoms with Crippen molar-refractivity contribution in [2.24, 2.45) is 0 Å². The van der Waals surface area contributed by atoms with Gasteiger partial charge in [0.1, 0.15) is 0 Å². The number of hydrogen-bond donors (Lipinski definition) is 1. The Labute approximate surface area is 161 Å². The molecule has 0 aliphatic carbocycles. The fourth-order valence-electron chi connectivity index (χ4n) is 3.63. The van der Waals surface area contributed by atoms with Crippen molar-refractivity contribution in [3.05, 3.63) is 42.0 Å². The third-order valence-electron chi connectivity index (χ3n) is 5.01. The summed E-state index contributed by atoms with van der Waals surface area (Å²) in [4.78, 5) is 27.5. The summed E-state index contributed by atoms with van der Waals surface area (Å²) < 4.78 is 10.7. The second-order valence-corrected chi connectivity index (χ2v) is 7.88. The lowest BCUT2D eigenvalue weighted by Gasteiger charge is -2.30. The van der Waals surface area contributed by atoms with Crippen molar-refractivity contribution in [2.45, 2.75) is 29.5 Å². The molecule has 0 radical (unpaired) electrons. The number of para-hydroxylation sites is 1. The van der Waals surface area contributed by atoms with Crippen molar-refractivity contribution in [1.82, 2.24) is 0 Å². The van der Waals surface area contributed by atoms with Crippen LogP contribution in [0, 0.1) is 6.92 Å². The van der Waals surface area contributed by atoms with Gasteiger partial charge in [0.15, 0.2) is 16.4 Å². The van der Waals surface area contributed by atoms with Gasteiger partial charge in [-0.15, -0.1) is 0 Å². The third-order valence-corrected chi connectivity index (χ3v) is 6.48. The highest BCUT2D eigenvalue weighted by atomic mass is 32.2. The quantitative estimate of drug-likeness (QED) is 0.873. The number of carbonyl (C=O) groups excluding carboxylic acids is 2. The average molecular weight is 384 g/mol. The molecular formula is C20H20N2O4S. The molecule has 2 aromatic carbocycles. The van der Waals surface area contributed by atoms with Gasteiger partial charge in [0, 0.05) is 23.1 Å². The summed E-state index contributed by atoms with van der Waals surface area (Å²) in [6.45, 7) is 1.89. The maximum Gasteiger partial charge on any atom is 0.261 e. The molecule has 2 aliphatic rings. The molecule has 0 unspecified atom stereocenters. The van der Waals surface area contributed by atoms with E-state index in [1.165, 1.54) is 11.8 Å². The van der Waals surface area contributed by atoms with E-state index in [0.29, 0.717) is 30.0 Å². The lowest BCUT2D eigenvalue weighted by Crippen LogP contribution is -2.49. The summed E-state index contributed by atoms with van der Waals surface area (Å²) in [6.07, 6.45) is 0.836. The predicted molar refractivity (Wildman–Crippen MR) is 105 cm³/mol. The molecule has 0 aromatic heterocycles. The van der Waals surface area contributed by atoms with Gasteiger partial charge < -0.3 is 14.8 Å². The van der Waals surface area contributed by atoms with Crippen LogP contribution in [0.1, 0.15) is 18.4 Å². The molecule has 0 spiro atoms. The smallest absolute Gasteiger partial charge is 0.261 e. The van der Waals surface area contributed by atoms with Crippen molar-refractivity contribution < 1.29 is 19.1 Å². The van der Waals surface area contributed by atoms with Crippen molar-refractivity contribution in [2.75, 3.05) is 24.4 Å². The molecule has 6 nitrogen and oxygen atoms in total. The number of benzene rings is 2. The molecule has 1 N–H and O–H groups in total. The van der Waals surface area contributed by atoms with Crippen LogP contribution in [0.2, 0.25) is 0 Å². The molecule has 1 saturated heterocycles. The number of nitrogens with zero attached hydrogens (tertiary/aromatic N) is 1. The second kappa shape index (κ2) is 6.49. The summed E-state index contributed by atoms with van der Waals surface area (Å²) in [5.41, 5.74) is 2.31. The normalized spacial score (nSPS) is 20.3. The van der Waals surface area contributed by atoms with Crippen LogP contribution in [0.5, 0.6) is 11.5 Å². The molecule has 7 heteroatoms. The van der Waals surface area contributed by atoms with E-state index in [4.69, 9.17) is 9.47 Å². The van der Waals surface area contributed by atoms with Gasteiger partial charge in [-0.25, -0.2) is 0 Å². The minimum atomic E-state index is -0.944. The molecule has 2 amide bonds. The number of carbonyl (C=O) groups is 2. The lowest BCUT2D eigenvalue weighted by atomic mass is 10.1. The maximum atomic E-state index is 13.3. The predicted octanol–water partition coefficient (Wildman–Crippen LogP) is 3.58.